The summed E-state index contributed by atoms with van der Waals surface area (Å²) in [5, 5.41) is 3.80. The van der Waals surface area contributed by atoms with E-state index in [4.69, 9.17) is 0 Å². The molecule has 2 aromatic rings. The van der Waals surface area contributed by atoms with Gasteiger partial charge in [-0.1, -0.05) is 25.1 Å². The molecule has 1 N–H and O–H groups in total. The minimum absolute atomic E-state index is 0.0996. The molecule has 2 atom stereocenters. The fourth-order valence-corrected chi connectivity index (χ4v) is 5.77. The third-order valence-corrected chi connectivity index (χ3v) is 7.22. The molecule has 0 saturated carbocycles. The van der Waals surface area contributed by atoms with Crippen molar-refractivity contribution in [2.75, 3.05) is 11.9 Å². The van der Waals surface area contributed by atoms with Crippen LogP contribution in [0.15, 0.2) is 30.3 Å². The number of fused-ring (bicyclic) bond motifs is 1. The number of anilines is 1. The molecule has 1 aliphatic heterocycles. The summed E-state index contributed by atoms with van der Waals surface area (Å²) < 4.78 is 0. The lowest BCUT2D eigenvalue weighted by molar-refractivity contribution is 0.0635. The van der Waals surface area contributed by atoms with Gasteiger partial charge in [-0.15, -0.1) is 11.3 Å². The molecule has 2 unspecified atom stereocenters. The molecule has 5 heteroatoms. The second-order valence-electron chi connectivity index (χ2n) is 8.22. The van der Waals surface area contributed by atoms with Gasteiger partial charge in [-0.05, 0) is 69.1 Å². The van der Waals surface area contributed by atoms with Gasteiger partial charge in [-0.25, -0.2) is 0 Å². The second kappa shape index (κ2) is 8.08. The van der Waals surface area contributed by atoms with Crippen molar-refractivity contribution >= 4 is 28.2 Å². The maximum atomic E-state index is 13.5. The molecular formula is C23H28N2O2S. The van der Waals surface area contributed by atoms with Crippen LogP contribution in [-0.2, 0) is 12.8 Å². The Morgan fingerprint density at radius 2 is 1.89 bits per heavy atom. The number of rotatable bonds is 3. The van der Waals surface area contributed by atoms with E-state index >= 15 is 0 Å². The molecule has 0 radical (unpaired) electrons. The van der Waals surface area contributed by atoms with Crippen LogP contribution in [-0.4, -0.2) is 29.3 Å². The summed E-state index contributed by atoms with van der Waals surface area (Å²) in [6, 6.07) is 9.49. The van der Waals surface area contributed by atoms with E-state index in [1.54, 1.807) is 23.5 Å². The zero-order chi connectivity index (χ0) is 19.7. The molecule has 1 aromatic carbocycles. The summed E-state index contributed by atoms with van der Waals surface area (Å²) in [5.74, 6) is 0.580. The maximum Gasteiger partial charge on any atom is 0.257 e. The van der Waals surface area contributed by atoms with E-state index < -0.39 is 0 Å². The van der Waals surface area contributed by atoms with Crippen molar-refractivity contribution in [3.63, 3.8) is 0 Å². The Morgan fingerprint density at radius 3 is 2.64 bits per heavy atom. The first-order valence-corrected chi connectivity index (χ1v) is 11.2. The predicted molar refractivity (Wildman–Crippen MR) is 114 cm³/mol. The van der Waals surface area contributed by atoms with Crippen molar-refractivity contribution < 1.29 is 9.59 Å². The van der Waals surface area contributed by atoms with Crippen LogP contribution < -0.4 is 5.32 Å². The molecule has 1 aliphatic carbocycles. The molecule has 2 heterocycles. The average Bonchev–Trinajstić information content (AvgIpc) is 3.05. The molecule has 0 bridgehead atoms. The molecule has 28 heavy (non-hydrogen) atoms. The van der Waals surface area contributed by atoms with Crippen LogP contribution in [0.25, 0.3) is 0 Å². The van der Waals surface area contributed by atoms with Gasteiger partial charge in [-0.3, -0.25) is 9.59 Å². The van der Waals surface area contributed by atoms with E-state index in [0.717, 1.165) is 49.2 Å². The monoisotopic (exact) mass is 396 g/mol. The van der Waals surface area contributed by atoms with Crippen LogP contribution in [0, 0.1) is 5.92 Å². The van der Waals surface area contributed by atoms with E-state index in [0.29, 0.717) is 11.5 Å². The van der Waals surface area contributed by atoms with Gasteiger partial charge in [0.2, 0.25) is 0 Å². The number of likely N-dealkylation sites (tertiary alicyclic amines) is 1. The topological polar surface area (TPSA) is 49.4 Å². The number of nitrogens with zero attached hydrogens (tertiary/aromatic N) is 1. The van der Waals surface area contributed by atoms with E-state index in [2.05, 4.69) is 19.2 Å². The Hall–Kier alpha value is -2.14. The van der Waals surface area contributed by atoms with E-state index in [1.165, 1.54) is 16.9 Å². The lowest BCUT2D eigenvalue weighted by Crippen LogP contribution is -2.42. The number of carbonyl (C=O) groups is 2. The minimum atomic E-state index is -0.145. The highest BCUT2D eigenvalue weighted by molar-refractivity contribution is 7.17. The summed E-state index contributed by atoms with van der Waals surface area (Å²) in [6.07, 6.45) is 6.33. The quantitative estimate of drug-likeness (QED) is 0.781. The molecular weight excluding hydrogens is 368 g/mol. The zero-order valence-electron chi connectivity index (χ0n) is 16.7. The normalized spacial score (nSPS) is 21.9. The maximum absolute atomic E-state index is 13.5. The largest absolute Gasteiger partial charge is 0.336 e. The molecule has 1 saturated heterocycles. The van der Waals surface area contributed by atoms with Crippen LogP contribution in [0.4, 0.5) is 5.00 Å². The van der Waals surface area contributed by atoms with Gasteiger partial charge < -0.3 is 10.2 Å². The summed E-state index contributed by atoms with van der Waals surface area (Å²) in [7, 11) is 0. The van der Waals surface area contributed by atoms with Crippen LogP contribution in [0.5, 0.6) is 0 Å². The molecule has 2 aliphatic rings. The first kappa shape index (κ1) is 19.2. The standard InChI is InChI=1S/C23H28N2O2S/c1-15-11-12-18-19(14-15)28-22(24-21(26)17-9-4-3-5-10-17)20(18)23(27)25-13-7-6-8-16(25)2/h3-5,9-10,15-16H,6-8,11-14H2,1-2H3,(H,24,26). The molecule has 1 aromatic heterocycles. The molecule has 0 spiro atoms. The predicted octanol–water partition coefficient (Wildman–Crippen LogP) is 5.14. The van der Waals surface area contributed by atoms with Gasteiger partial charge in [0.25, 0.3) is 11.8 Å². The average molecular weight is 397 g/mol. The summed E-state index contributed by atoms with van der Waals surface area (Å²) in [5.41, 5.74) is 2.55. The highest BCUT2D eigenvalue weighted by Crippen LogP contribution is 2.41. The molecule has 2 amide bonds. The number of piperidine rings is 1. The molecule has 1 fully saturated rings. The molecule has 148 valence electrons. The van der Waals surface area contributed by atoms with Crippen LogP contribution in [0.3, 0.4) is 0 Å². The number of thiophene rings is 1. The third-order valence-electron chi connectivity index (χ3n) is 6.05. The van der Waals surface area contributed by atoms with Crippen LogP contribution in [0.1, 0.15) is 70.7 Å². The van der Waals surface area contributed by atoms with Crippen molar-refractivity contribution in [2.45, 2.75) is 58.4 Å². The smallest absolute Gasteiger partial charge is 0.257 e. The van der Waals surface area contributed by atoms with Crippen molar-refractivity contribution in [2.24, 2.45) is 5.92 Å². The zero-order valence-corrected chi connectivity index (χ0v) is 17.5. The first-order chi connectivity index (χ1) is 13.5. The Kier molecular flexibility index (Phi) is 5.54. The van der Waals surface area contributed by atoms with Gasteiger partial charge in [0.15, 0.2) is 0 Å². The summed E-state index contributed by atoms with van der Waals surface area (Å²) >= 11 is 1.60. The van der Waals surface area contributed by atoms with Crippen molar-refractivity contribution in [1.29, 1.82) is 0 Å². The fraction of sp³-hybridized carbons (Fsp3) is 0.478. The lowest BCUT2D eigenvalue weighted by atomic mass is 9.88. The van der Waals surface area contributed by atoms with E-state index in [9.17, 15) is 9.59 Å². The summed E-state index contributed by atoms with van der Waals surface area (Å²) in [6.45, 7) is 5.21. The highest BCUT2D eigenvalue weighted by Gasteiger charge is 2.33. The van der Waals surface area contributed by atoms with Crippen molar-refractivity contribution in [3.05, 3.63) is 51.9 Å². The second-order valence-corrected chi connectivity index (χ2v) is 9.32. The lowest BCUT2D eigenvalue weighted by Gasteiger charge is -2.34. The van der Waals surface area contributed by atoms with Gasteiger partial charge in [0.05, 0.1) is 5.56 Å². The van der Waals surface area contributed by atoms with Gasteiger partial charge in [0, 0.05) is 23.0 Å². The third kappa shape index (κ3) is 3.72. The van der Waals surface area contributed by atoms with Crippen LogP contribution in [0.2, 0.25) is 0 Å². The van der Waals surface area contributed by atoms with Gasteiger partial charge in [-0.2, -0.15) is 0 Å². The SMILES string of the molecule is CC1CCc2c(sc(NC(=O)c3ccccc3)c2C(=O)N2CCCCC2C)C1. The van der Waals surface area contributed by atoms with Crippen LogP contribution >= 0.6 is 11.3 Å². The van der Waals surface area contributed by atoms with Crippen molar-refractivity contribution in [1.82, 2.24) is 4.90 Å². The Balaban J connectivity index is 1.69. The number of benzene rings is 1. The number of amides is 2. The number of carbonyl (C=O) groups excluding carboxylic acids is 2. The van der Waals surface area contributed by atoms with Gasteiger partial charge >= 0.3 is 0 Å². The number of hydrogen-bond donors (Lipinski definition) is 1. The fourth-order valence-electron chi connectivity index (χ4n) is 4.37. The molecule has 4 nitrogen and oxygen atoms in total. The van der Waals surface area contributed by atoms with Crippen molar-refractivity contribution in [3.8, 4) is 0 Å². The number of hydrogen-bond acceptors (Lipinski definition) is 3. The number of nitrogens with one attached hydrogen (secondary N) is 1. The Labute approximate surface area is 170 Å². The van der Waals surface area contributed by atoms with E-state index in [1.807, 2.05) is 23.1 Å². The Morgan fingerprint density at radius 1 is 1.11 bits per heavy atom. The highest BCUT2D eigenvalue weighted by atomic mass is 32.1. The first-order valence-electron chi connectivity index (χ1n) is 10.4. The van der Waals surface area contributed by atoms with Gasteiger partial charge in [0.1, 0.15) is 5.00 Å². The Bertz CT molecular complexity index is 874. The minimum Gasteiger partial charge on any atom is -0.336 e. The summed E-state index contributed by atoms with van der Waals surface area (Å²) in [4.78, 5) is 29.6. The van der Waals surface area contributed by atoms with E-state index in [-0.39, 0.29) is 17.9 Å². The molecule has 4 rings (SSSR count).